The Kier molecular flexibility index (Phi) is 4.71. The molecule has 144 valence electrons. The van der Waals surface area contributed by atoms with Gasteiger partial charge in [-0.15, -0.1) is 0 Å². The number of nitrogens with zero attached hydrogens (tertiary/aromatic N) is 2. The van der Waals surface area contributed by atoms with E-state index in [2.05, 4.69) is 4.98 Å². The average molecular weight is 399 g/mol. The van der Waals surface area contributed by atoms with E-state index in [1.165, 1.54) is 15.9 Å². The standard InChI is InChI=1S/C19H17N3O5S/c23-19(21-24)17-11-15-7-10-22(12-18(15)27-17)28(25,26)16-3-1-13(2-4-16)14-5-8-20-9-6-14/h1-6,8-9,11,24H,7,10,12H2,(H,21,23). The average Bonchev–Trinajstić information content (AvgIpc) is 3.17. The van der Waals surface area contributed by atoms with Gasteiger partial charge in [0.15, 0.2) is 5.76 Å². The number of hydrogen-bond donors (Lipinski definition) is 2. The fraction of sp³-hybridized carbons (Fsp3) is 0.158. The summed E-state index contributed by atoms with van der Waals surface area (Å²) < 4.78 is 32.7. The fourth-order valence-corrected chi connectivity index (χ4v) is 4.58. The SMILES string of the molecule is O=C(NO)c1cc2c(o1)CN(S(=O)(=O)c1ccc(-c3ccncc3)cc1)CC2. The van der Waals surface area contributed by atoms with Crippen LogP contribution in [0.25, 0.3) is 11.1 Å². The van der Waals surface area contributed by atoms with Gasteiger partial charge in [-0.25, -0.2) is 13.9 Å². The van der Waals surface area contributed by atoms with Crippen LogP contribution in [0.1, 0.15) is 21.9 Å². The lowest BCUT2D eigenvalue weighted by Gasteiger charge is -2.25. The Labute approximate surface area is 161 Å². The van der Waals surface area contributed by atoms with Crippen molar-refractivity contribution in [2.75, 3.05) is 6.54 Å². The van der Waals surface area contributed by atoms with Gasteiger partial charge in [-0.05, 0) is 53.4 Å². The number of carbonyl (C=O) groups excluding carboxylic acids is 1. The second kappa shape index (κ2) is 7.19. The van der Waals surface area contributed by atoms with E-state index in [9.17, 15) is 13.2 Å². The van der Waals surface area contributed by atoms with Crippen molar-refractivity contribution < 1.29 is 22.8 Å². The summed E-state index contributed by atoms with van der Waals surface area (Å²) in [5.41, 5.74) is 4.12. The van der Waals surface area contributed by atoms with E-state index < -0.39 is 15.9 Å². The number of sulfonamides is 1. The van der Waals surface area contributed by atoms with E-state index in [0.29, 0.717) is 12.2 Å². The van der Waals surface area contributed by atoms with Gasteiger partial charge in [0.1, 0.15) is 5.76 Å². The summed E-state index contributed by atoms with van der Waals surface area (Å²) in [5.74, 6) is -0.411. The zero-order valence-corrected chi connectivity index (χ0v) is 15.5. The van der Waals surface area contributed by atoms with Crippen molar-refractivity contribution >= 4 is 15.9 Å². The first-order valence-corrected chi connectivity index (χ1v) is 9.99. The van der Waals surface area contributed by atoms with E-state index in [1.807, 2.05) is 12.1 Å². The van der Waals surface area contributed by atoms with Crippen molar-refractivity contribution in [2.45, 2.75) is 17.9 Å². The minimum absolute atomic E-state index is 0.0302. The molecule has 2 N–H and O–H groups in total. The molecule has 9 heteroatoms. The molecular weight excluding hydrogens is 382 g/mol. The number of fused-ring (bicyclic) bond motifs is 1. The summed E-state index contributed by atoms with van der Waals surface area (Å²) in [5, 5.41) is 8.71. The third-order valence-electron chi connectivity index (χ3n) is 4.68. The molecule has 0 atom stereocenters. The van der Waals surface area contributed by atoms with Gasteiger partial charge in [-0.2, -0.15) is 4.31 Å². The number of amides is 1. The molecule has 0 aliphatic carbocycles. The monoisotopic (exact) mass is 399 g/mol. The van der Waals surface area contributed by atoms with Gasteiger partial charge >= 0.3 is 5.91 Å². The first-order valence-electron chi connectivity index (χ1n) is 8.55. The highest BCUT2D eigenvalue weighted by atomic mass is 32.2. The number of rotatable bonds is 4. The van der Waals surface area contributed by atoms with Gasteiger partial charge in [0.25, 0.3) is 0 Å². The van der Waals surface area contributed by atoms with Gasteiger partial charge in [0.05, 0.1) is 11.4 Å². The lowest BCUT2D eigenvalue weighted by Crippen LogP contribution is -2.35. The van der Waals surface area contributed by atoms with Crippen LogP contribution >= 0.6 is 0 Å². The number of furan rings is 1. The molecule has 0 radical (unpaired) electrons. The predicted molar refractivity (Wildman–Crippen MR) is 98.9 cm³/mol. The van der Waals surface area contributed by atoms with Crippen LogP contribution in [0.3, 0.4) is 0 Å². The van der Waals surface area contributed by atoms with Gasteiger partial charge in [0.2, 0.25) is 10.0 Å². The maximum Gasteiger partial charge on any atom is 0.310 e. The summed E-state index contributed by atoms with van der Waals surface area (Å²) >= 11 is 0. The number of nitrogens with one attached hydrogen (secondary N) is 1. The molecule has 0 saturated carbocycles. The van der Waals surface area contributed by atoms with Crippen LogP contribution < -0.4 is 5.48 Å². The van der Waals surface area contributed by atoms with Crippen molar-refractivity contribution in [1.29, 1.82) is 0 Å². The molecule has 3 aromatic rings. The second-order valence-electron chi connectivity index (χ2n) is 6.35. The second-order valence-corrected chi connectivity index (χ2v) is 8.29. The molecule has 0 spiro atoms. The largest absolute Gasteiger partial charge is 0.454 e. The van der Waals surface area contributed by atoms with E-state index in [4.69, 9.17) is 9.62 Å². The number of hydrogen-bond acceptors (Lipinski definition) is 6. The molecular formula is C19H17N3O5S. The molecule has 3 heterocycles. The zero-order chi connectivity index (χ0) is 19.7. The Morgan fingerprint density at radius 1 is 1.11 bits per heavy atom. The molecule has 2 aromatic heterocycles. The first kappa shape index (κ1) is 18.4. The third kappa shape index (κ3) is 3.31. The van der Waals surface area contributed by atoms with Crippen LogP contribution in [0.15, 0.2) is 64.2 Å². The molecule has 0 unspecified atom stereocenters. The Morgan fingerprint density at radius 2 is 1.79 bits per heavy atom. The minimum atomic E-state index is -3.71. The van der Waals surface area contributed by atoms with E-state index in [1.54, 1.807) is 36.7 Å². The van der Waals surface area contributed by atoms with Crippen molar-refractivity contribution in [2.24, 2.45) is 0 Å². The molecule has 1 aliphatic heterocycles. The maximum absolute atomic E-state index is 13.0. The molecule has 0 bridgehead atoms. The highest BCUT2D eigenvalue weighted by Gasteiger charge is 2.31. The smallest absolute Gasteiger partial charge is 0.310 e. The van der Waals surface area contributed by atoms with Crippen molar-refractivity contribution in [3.8, 4) is 11.1 Å². The summed E-state index contributed by atoms with van der Waals surface area (Å²) in [4.78, 5) is 15.7. The number of hydroxylamine groups is 1. The molecule has 28 heavy (non-hydrogen) atoms. The number of carbonyl (C=O) groups is 1. The van der Waals surface area contributed by atoms with Crippen LogP contribution in [-0.2, 0) is 23.0 Å². The number of aromatic nitrogens is 1. The van der Waals surface area contributed by atoms with Crippen molar-refractivity contribution in [3.05, 3.63) is 71.9 Å². The Morgan fingerprint density at radius 3 is 2.46 bits per heavy atom. The van der Waals surface area contributed by atoms with Crippen LogP contribution in [0.4, 0.5) is 0 Å². The predicted octanol–water partition coefficient (Wildman–Crippen LogP) is 2.21. The Balaban J connectivity index is 1.57. The van der Waals surface area contributed by atoms with Crippen LogP contribution in [-0.4, -0.2) is 35.4 Å². The first-order chi connectivity index (χ1) is 13.5. The lowest BCUT2D eigenvalue weighted by atomic mass is 10.1. The Hall–Kier alpha value is -3.01. The molecule has 1 aliphatic rings. The zero-order valence-electron chi connectivity index (χ0n) is 14.7. The highest BCUT2D eigenvalue weighted by molar-refractivity contribution is 7.89. The molecule has 1 aromatic carbocycles. The third-order valence-corrected chi connectivity index (χ3v) is 6.54. The Bertz CT molecular complexity index is 1110. The number of benzene rings is 1. The van der Waals surface area contributed by atoms with E-state index >= 15 is 0 Å². The fourth-order valence-electron chi connectivity index (χ4n) is 3.18. The van der Waals surface area contributed by atoms with E-state index in [0.717, 1.165) is 16.7 Å². The number of pyridine rings is 1. The molecule has 0 saturated heterocycles. The van der Waals surface area contributed by atoms with Gasteiger partial charge in [-0.3, -0.25) is 15.0 Å². The molecule has 0 fully saturated rings. The summed E-state index contributed by atoms with van der Waals surface area (Å²) in [7, 11) is -3.71. The van der Waals surface area contributed by atoms with Crippen LogP contribution in [0, 0.1) is 0 Å². The normalized spacial score (nSPS) is 14.5. The highest BCUT2D eigenvalue weighted by Crippen LogP contribution is 2.28. The van der Waals surface area contributed by atoms with Crippen LogP contribution in [0.2, 0.25) is 0 Å². The minimum Gasteiger partial charge on any atom is -0.454 e. The molecule has 8 nitrogen and oxygen atoms in total. The van der Waals surface area contributed by atoms with Crippen LogP contribution in [0.5, 0.6) is 0 Å². The van der Waals surface area contributed by atoms with Crippen molar-refractivity contribution in [3.63, 3.8) is 0 Å². The summed E-state index contributed by atoms with van der Waals surface area (Å²) in [6.45, 7) is 0.309. The van der Waals surface area contributed by atoms with E-state index in [-0.39, 0.29) is 23.7 Å². The molecule has 4 rings (SSSR count). The lowest BCUT2D eigenvalue weighted by molar-refractivity contribution is 0.0673. The van der Waals surface area contributed by atoms with Gasteiger partial charge < -0.3 is 4.42 Å². The van der Waals surface area contributed by atoms with Gasteiger partial charge in [0, 0.05) is 18.9 Å². The summed E-state index contributed by atoms with van der Waals surface area (Å²) in [6.07, 6.45) is 3.78. The van der Waals surface area contributed by atoms with Crippen molar-refractivity contribution in [1.82, 2.24) is 14.8 Å². The van der Waals surface area contributed by atoms with Gasteiger partial charge in [-0.1, -0.05) is 12.1 Å². The molecule has 1 amide bonds. The maximum atomic E-state index is 13.0. The summed E-state index contributed by atoms with van der Waals surface area (Å²) in [6, 6.07) is 11.9. The quantitative estimate of drug-likeness (QED) is 0.514. The topological polar surface area (TPSA) is 113 Å².